The summed E-state index contributed by atoms with van der Waals surface area (Å²) in [5.74, 6) is 0.727. The van der Waals surface area contributed by atoms with Crippen LogP contribution in [0, 0.1) is 17.0 Å². The maximum absolute atomic E-state index is 12.9. The van der Waals surface area contributed by atoms with Crippen molar-refractivity contribution in [1.82, 2.24) is 20.1 Å². The molecule has 0 aliphatic carbocycles. The third-order valence-corrected chi connectivity index (χ3v) is 7.03. The first-order valence-corrected chi connectivity index (χ1v) is 12.6. The molecule has 4 rings (SSSR count). The largest absolute Gasteiger partial charge is 0.342 e. The van der Waals surface area contributed by atoms with Gasteiger partial charge in [-0.15, -0.1) is 10.2 Å². The van der Waals surface area contributed by atoms with E-state index in [2.05, 4.69) is 21.6 Å². The number of non-ortho nitro benzene ring substituents is 1. The summed E-state index contributed by atoms with van der Waals surface area (Å²) in [4.78, 5) is 23.6. The van der Waals surface area contributed by atoms with Crippen molar-refractivity contribution in [3.05, 3.63) is 109 Å². The minimum absolute atomic E-state index is 0.0266. The minimum Gasteiger partial charge on any atom is -0.342 e. The molecular weight excluding hydrogens is 521 g/mol. The maximum atomic E-state index is 12.9. The lowest BCUT2D eigenvalue weighted by Crippen LogP contribution is -2.29. The molecule has 8 nitrogen and oxygen atoms in total. The summed E-state index contributed by atoms with van der Waals surface area (Å²) in [5.41, 5.74) is 3.20. The van der Waals surface area contributed by atoms with Crippen LogP contribution in [-0.2, 0) is 5.75 Å². The van der Waals surface area contributed by atoms with Crippen molar-refractivity contribution in [2.45, 2.75) is 30.8 Å². The number of nitrogens with one attached hydrogen (secondary N) is 1. The number of nitrogens with zero attached hydrogens (tertiary/aromatic N) is 4. The predicted octanol–water partition coefficient (Wildman–Crippen LogP) is 6.57. The Morgan fingerprint density at radius 1 is 1.11 bits per heavy atom. The SMILES string of the molecule is Cc1ccccc1CSc1nnc(C(C)NC(=O)c2ccc(Cl)cc2Cl)n1-c1ccc([N+](=O)[O-])cc1. The van der Waals surface area contributed by atoms with Crippen molar-refractivity contribution in [3.63, 3.8) is 0 Å². The average Bonchev–Trinajstić information content (AvgIpc) is 3.27. The first kappa shape index (κ1) is 25.7. The van der Waals surface area contributed by atoms with E-state index in [1.807, 2.05) is 25.1 Å². The average molecular weight is 542 g/mol. The van der Waals surface area contributed by atoms with Gasteiger partial charge in [-0.25, -0.2) is 0 Å². The second kappa shape index (κ2) is 11.1. The smallest absolute Gasteiger partial charge is 0.269 e. The quantitative estimate of drug-likeness (QED) is 0.153. The number of hydrogen-bond acceptors (Lipinski definition) is 6. The van der Waals surface area contributed by atoms with Crippen LogP contribution in [-0.4, -0.2) is 25.6 Å². The van der Waals surface area contributed by atoms with E-state index >= 15 is 0 Å². The molecular formula is C25H21Cl2N5O3S. The Morgan fingerprint density at radius 3 is 2.50 bits per heavy atom. The fourth-order valence-electron chi connectivity index (χ4n) is 3.55. The van der Waals surface area contributed by atoms with Crippen LogP contribution in [0.4, 0.5) is 5.69 Å². The minimum atomic E-state index is -0.556. The number of amides is 1. The highest BCUT2D eigenvalue weighted by atomic mass is 35.5. The number of aryl methyl sites for hydroxylation is 1. The van der Waals surface area contributed by atoms with Gasteiger partial charge >= 0.3 is 0 Å². The molecule has 0 saturated carbocycles. The van der Waals surface area contributed by atoms with Crippen LogP contribution in [0.2, 0.25) is 10.0 Å². The number of hydrogen-bond donors (Lipinski definition) is 1. The lowest BCUT2D eigenvalue weighted by molar-refractivity contribution is -0.384. The molecule has 1 N–H and O–H groups in total. The Morgan fingerprint density at radius 2 is 1.83 bits per heavy atom. The van der Waals surface area contributed by atoms with Crippen molar-refractivity contribution in [1.29, 1.82) is 0 Å². The van der Waals surface area contributed by atoms with Gasteiger partial charge in [-0.1, -0.05) is 59.2 Å². The molecule has 0 aliphatic heterocycles. The highest BCUT2D eigenvalue weighted by molar-refractivity contribution is 7.98. The molecule has 4 aromatic rings. The zero-order valence-corrected chi connectivity index (χ0v) is 21.6. The molecule has 1 amide bonds. The third kappa shape index (κ3) is 5.70. The van der Waals surface area contributed by atoms with Gasteiger partial charge in [0.1, 0.15) is 0 Å². The van der Waals surface area contributed by atoms with Crippen LogP contribution < -0.4 is 5.32 Å². The van der Waals surface area contributed by atoms with Crippen LogP contribution in [0.25, 0.3) is 5.69 Å². The molecule has 1 heterocycles. The molecule has 11 heteroatoms. The van der Waals surface area contributed by atoms with Gasteiger partial charge in [-0.2, -0.15) is 0 Å². The molecule has 36 heavy (non-hydrogen) atoms. The van der Waals surface area contributed by atoms with E-state index in [-0.39, 0.29) is 16.3 Å². The van der Waals surface area contributed by atoms with E-state index in [4.69, 9.17) is 23.2 Å². The van der Waals surface area contributed by atoms with E-state index in [0.717, 1.165) is 11.1 Å². The predicted molar refractivity (Wildman–Crippen MR) is 141 cm³/mol. The zero-order chi connectivity index (χ0) is 25.8. The Kier molecular flexibility index (Phi) is 7.93. The number of nitro groups is 1. The molecule has 184 valence electrons. The van der Waals surface area contributed by atoms with Gasteiger partial charge < -0.3 is 5.32 Å². The number of carbonyl (C=O) groups excluding carboxylic acids is 1. The monoisotopic (exact) mass is 541 g/mol. The normalized spacial score (nSPS) is 11.8. The van der Waals surface area contributed by atoms with Crippen molar-refractivity contribution < 1.29 is 9.72 Å². The Balaban J connectivity index is 1.66. The van der Waals surface area contributed by atoms with Crippen molar-refractivity contribution in [2.75, 3.05) is 0 Å². The van der Waals surface area contributed by atoms with E-state index in [9.17, 15) is 14.9 Å². The number of nitro benzene ring substituents is 1. The molecule has 0 radical (unpaired) electrons. The highest BCUT2D eigenvalue weighted by Gasteiger charge is 2.23. The summed E-state index contributed by atoms with van der Waals surface area (Å²) in [6.07, 6.45) is 0. The first-order valence-electron chi connectivity index (χ1n) is 10.9. The Bertz CT molecular complexity index is 1430. The molecule has 0 bridgehead atoms. The van der Waals surface area contributed by atoms with Gasteiger partial charge in [0.25, 0.3) is 11.6 Å². The summed E-state index contributed by atoms with van der Waals surface area (Å²) in [6.45, 7) is 3.82. The fraction of sp³-hybridized carbons (Fsp3) is 0.160. The van der Waals surface area contributed by atoms with Crippen molar-refractivity contribution in [2.24, 2.45) is 0 Å². The lowest BCUT2D eigenvalue weighted by atomic mass is 10.1. The topological polar surface area (TPSA) is 103 Å². The molecule has 0 fully saturated rings. The molecule has 0 saturated heterocycles. The number of aromatic nitrogens is 3. The summed E-state index contributed by atoms with van der Waals surface area (Å²) >= 11 is 13.6. The van der Waals surface area contributed by atoms with Crippen LogP contribution in [0.1, 0.15) is 40.3 Å². The van der Waals surface area contributed by atoms with Crippen LogP contribution in [0.5, 0.6) is 0 Å². The first-order chi connectivity index (χ1) is 17.2. The van der Waals surface area contributed by atoms with Crippen LogP contribution in [0.15, 0.2) is 71.9 Å². The standard InChI is InChI=1S/C25H21Cl2N5O3S/c1-15-5-3-4-6-17(15)14-36-25-30-29-23(31(25)19-8-10-20(11-9-19)32(34)35)16(2)28-24(33)21-12-7-18(26)13-22(21)27/h3-13,16H,14H2,1-2H3,(H,28,33). The zero-order valence-electron chi connectivity index (χ0n) is 19.3. The number of benzene rings is 3. The van der Waals surface area contributed by atoms with Gasteiger partial charge in [0.15, 0.2) is 11.0 Å². The molecule has 1 atom stereocenters. The second-order valence-corrected chi connectivity index (χ2v) is 9.77. The number of halogens is 2. The molecule has 1 unspecified atom stereocenters. The molecule has 0 spiro atoms. The van der Waals surface area contributed by atoms with Gasteiger partial charge in [-0.3, -0.25) is 19.5 Å². The maximum Gasteiger partial charge on any atom is 0.269 e. The molecule has 0 aliphatic rings. The second-order valence-electron chi connectivity index (χ2n) is 7.98. The van der Waals surface area contributed by atoms with E-state index in [1.54, 1.807) is 35.8 Å². The number of rotatable bonds is 8. The van der Waals surface area contributed by atoms with E-state index in [0.29, 0.717) is 27.4 Å². The van der Waals surface area contributed by atoms with Crippen LogP contribution >= 0.6 is 35.0 Å². The van der Waals surface area contributed by atoms with Crippen molar-refractivity contribution in [3.8, 4) is 5.69 Å². The Labute approximate surface area is 221 Å². The number of carbonyl (C=O) groups is 1. The number of thioether (sulfide) groups is 1. The summed E-state index contributed by atoms with van der Waals surface area (Å²) in [5, 5.41) is 24.0. The van der Waals surface area contributed by atoms with Crippen LogP contribution in [0.3, 0.4) is 0 Å². The third-order valence-electron chi connectivity index (χ3n) is 5.51. The van der Waals surface area contributed by atoms with E-state index in [1.165, 1.54) is 30.0 Å². The summed E-state index contributed by atoms with van der Waals surface area (Å²) in [7, 11) is 0. The molecule has 1 aromatic heterocycles. The lowest BCUT2D eigenvalue weighted by Gasteiger charge is -2.17. The summed E-state index contributed by atoms with van der Waals surface area (Å²) in [6, 6.07) is 18.3. The van der Waals surface area contributed by atoms with Crippen molar-refractivity contribution >= 4 is 46.6 Å². The Hall–Kier alpha value is -3.40. The van der Waals surface area contributed by atoms with Gasteiger partial charge in [0, 0.05) is 28.6 Å². The summed E-state index contributed by atoms with van der Waals surface area (Å²) < 4.78 is 1.79. The fourth-order valence-corrected chi connectivity index (χ4v) is 5.08. The highest BCUT2D eigenvalue weighted by Crippen LogP contribution is 2.30. The van der Waals surface area contributed by atoms with Gasteiger partial charge in [-0.05, 0) is 55.3 Å². The van der Waals surface area contributed by atoms with Gasteiger partial charge in [0.2, 0.25) is 0 Å². The van der Waals surface area contributed by atoms with Gasteiger partial charge in [0.05, 0.1) is 21.6 Å². The molecule has 3 aromatic carbocycles. The van der Waals surface area contributed by atoms with E-state index < -0.39 is 16.9 Å².